The maximum Gasteiger partial charge on any atom is 0.339 e. The third-order valence-corrected chi connectivity index (χ3v) is 1.61. The van der Waals surface area contributed by atoms with E-state index in [0.29, 0.717) is 0 Å². The molecule has 0 saturated heterocycles. The van der Waals surface area contributed by atoms with Gasteiger partial charge < -0.3 is 25.9 Å². The summed E-state index contributed by atoms with van der Waals surface area (Å²) in [5.41, 5.74) is 5.04. The van der Waals surface area contributed by atoms with Crippen LogP contribution in [-0.4, -0.2) is 40.4 Å². The molecule has 0 aromatic heterocycles. The number of hydrogen-bond acceptors (Lipinski definition) is 4. The van der Waals surface area contributed by atoms with Gasteiger partial charge in [0, 0.05) is 13.1 Å². The van der Waals surface area contributed by atoms with E-state index in [1.165, 1.54) is 0 Å². The van der Waals surface area contributed by atoms with Crippen molar-refractivity contribution in [2.45, 2.75) is 6.10 Å². The second-order valence-corrected chi connectivity index (χ2v) is 3.81. The molecule has 6 N–H and O–H groups in total. The van der Waals surface area contributed by atoms with Crippen molar-refractivity contribution < 1.29 is 19.5 Å². The van der Waals surface area contributed by atoms with Gasteiger partial charge in [-0.1, -0.05) is 0 Å². The highest BCUT2D eigenvalue weighted by atomic mass is 31.2. The molecule has 0 rings (SSSR count). The number of aliphatic hydroxyl groups excluding tert-OH is 1. The summed E-state index contributed by atoms with van der Waals surface area (Å²) >= 11 is 0. The zero-order valence-corrected chi connectivity index (χ0v) is 6.87. The third kappa shape index (κ3) is 7.93. The molecule has 7 heteroatoms. The van der Waals surface area contributed by atoms with E-state index >= 15 is 0 Å². The van der Waals surface area contributed by atoms with Gasteiger partial charge in [0.2, 0.25) is 0 Å². The third-order valence-electron chi connectivity index (χ3n) is 0.970. The van der Waals surface area contributed by atoms with Crippen molar-refractivity contribution in [2.24, 2.45) is 5.73 Å². The molecule has 0 fully saturated rings. The van der Waals surface area contributed by atoms with Crippen LogP contribution in [0.2, 0.25) is 0 Å². The maximum absolute atomic E-state index is 10.2. The summed E-state index contributed by atoms with van der Waals surface area (Å²) < 4.78 is 10.2. The van der Waals surface area contributed by atoms with Gasteiger partial charge in [0.1, 0.15) is 0 Å². The fraction of sp³-hybridized carbons (Fsp3) is 1.00. The van der Waals surface area contributed by atoms with Gasteiger partial charge >= 0.3 is 7.60 Å². The Morgan fingerprint density at radius 2 is 2.09 bits per heavy atom. The number of aliphatic hydroxyl groups is 1. The standard InChI is InChI=1S/C4H13N2O4P/c5-1-4(7)2-6-3-11(8,9)10/h4,6-7H,1-3,5H2,(H2,8,9,10). The van der Waals surface area contributed by atoms with E-state index in [9.17, 15) is 4.57 Å². The summed E-state index contributed by atoms with van der Waals surface area (Å²) in [4.78, 5) is 16.7. The summed E-state index contributed by atoms with van der Waals surface area (Å²) in [5, 5.41) is 11.2. The summed E-state index contributed by atoms with van der Waals surface area (Å²) in [6.07, 6.45) is -1.18. The highest BCUT2D eigenvalue weighted by molar-refractivity contribution is 7.51. The fourth-order valence-corrected chi connectivity index (χ4v) is 0.881. The van der Waals surface area contributed by atoms with Crippen molar-refractivity contribution in [3.63, 3.8) is 0 Å². The molecule has 0 spiro atoms. The molecule has 0 bridgehead atoms. The zero-order valence-electron chi connectivity index (χ0n) is 5.97. The van der Waals surface area contributed by atoms with Crippen LogP contribution in [0.5, 0.6) is 0 Å². The lowest BCUT2D eigenvalue weighted by Crippen LogP contribution is -2.32. The van der Waals surface area contributed by atoms with Gasteiger partial charge in [-0.2, -0.15) is 0 Å². The second-order valence-electron chi connectivity index (χ2n) is 2.17. The Balaban J connectivity index is 3.35. The second kappa shape index (κ2) is 4.82. The van der Waals surface area contributed by atoms with Crippen molar-refractivity contribution in [3.05, 3.63) is 0 Å². The van der Waals surface area contributed by atoms with E-state index in [1.807, 2.05) is 0 Å². The Morgan fingerprint density at radius 3 is 2.45 bits per heavy atom. The molecule has 1 unspecified atom stereocenters. The van der Waals surface area contributed by atoms with Crippen molar-refractivity contribution >= 4 is 7.60 Å². The van der Waals surface area contributed by atoms with Gasteiger partial charge in [0.15, 0.2) is 0 Å². The van der Waals surface area contributed by atoms with Crippen molar-refractivity contribution in [3.8, 4) is 0 Å². The Morgan fingerprint density at radius 1 is 1.55 bits per heavy atom. The Bertz CT molecular complexity index is 147. The minimum Gasteiger partial charge on any atom is -0.390 e. The molecule has 0 saturated carbocycles. The fourth-order valence-electron chi connectivity index (χ4n) is 0.460. The molecule has 0 aliphatic carbocycles. The summed E-state index contributed by atoms with van der Waals surface area (Å²) in [5.74, 6) is 0. The Labute approximate surface area is 64.6 Å². The number of rotatable bonds is 5. The zero-order chi connectivity index (χ0) is 8.91. The lowest BCUT2D eigenvalue weighted by molar-refractivity contribution is 0.181. The molecule has 0 amide bonds. The molecule has 0 aliphatic heterocycles. The summed E-state index contributed by atoms with van der Waals surface area (Å²) in [7, 11) is -4.00. The van der Waals surface area contributed by atoms with E-state index in [1.54, 1.807) is 0 Å². The van der Waals surface area contributed by atoms with E-state index < -0.39 is 20.0 Å². The van der Waals surface area contributed by atoms with Gasteiger partial charge in [-0.3, -0.25) is 4.57 Å². The quantitative estimate of drug-likeness (QED) is 0.316. The highest BCUT2D eigenvalue weighted by Gasteiger charge is 2.12. The molecule has 11 heavy (non-hydrogen) atoms. The molecule has 0 aromatic rings. The van der Waals surface area contributed by atoms with E-state index in [4.69, 9.17) is 20.6 Å². The maximum atomic E-state index is 10.2. The van der Waals surface area contributed by atoms with E-state index in [0.717, 1.165) is 0 Å². The largest absolute Gasteiger partial charge is 0.390 e. The van der Waals surface area contributed by atoms with Crippen LogP contribution in [0.4, 0.5) is 0 Å². The highest BCUT2D eigenvalue weighted by Crippen LogP contribution is 2.31. The van der Waals surface area contributed by atoms with Crippen LogP contribution in [0.15, 0.2) is 0 Å². The first-order chi connectivity index (χ1) is 4.95. The SMILES string of the molecule is NCC(O)CNCP(=O)(O)O. The van der Waals surface area contributed by atoms with Gasteiger partial charge in [-0.05, 0) is 0 Å². The lowest BCUT2D eigenvalue weighted by Gasteiger charge is -2.09. The van der Waals surface area contributed by atoms with Crippen LogP contribution in [0.25, 0.3) is 0 Å². The molecular formula is C4H13N2O4P. The van der Waals surface area contributed by atoms with Crippen LogP contribution >= 0.6 is 7.60 Å². The monoisotopic (exact) mass is 184 g/mol. The van der Waals surface area contributed by atoms with Crippen LogP contribution in [0.1, 0.15) is 0 Å². The van der Waals surface area contributed by atoms with Crippen LogP contribution < -0.4 is 11.1 Å². The molecule has 1 atom stereocenters. The molecule has 0 radical (unpaired) electrons. The first-order valence-electron chi connectivity index (χ1n) is 3.09. The first-order valence-corrected chi connectivity index (χ1v) is 4.89. The van der Waals surface area contributed by atoms with Crippen molar-refractivity contribution in [1.82, 2.24) is 5.32 Å². The predicted molar refractivity (Wildman–Crippen MR) is 40.0 cm³/mol. The molecular weight excluding hydrogens is 171 g/mol. The lowest BCUT2D eigenvalue weighted by atomic mass is 10.4. The molecule has 0 heterocycles. The Kier molecular flexibility index (Phi) is 4.83. The minimum atomic E-state index is -4.00. The number of nitrogens with two attached hydrogens (primary N) is 1. The van der Waals surface area contributed by atoms with E-state index in [-0.39, 0.29) is 13.1 Å². The van der Waals surface area contributed by atoms with Gasteiger partial charge in [-0.25, -0.2) is 0 Å². The van der Waals surface area contributed by atoms with Crippen LogP contribution in [0, 0.1) is 0 Å². The molecule has 6 nitrogen and oxygen atoms in total. The molecule has 0 aromatic carbocycles. The molecule has 0 aliphatic rings. The van der Waals surface area contributed by atoms with Gasteiger partial charge in [-0.15, -0.1) is 0 Å². The molecule has 68 valence electrons. The van der Waals surface area contributed by atoms with Gasteiger partial charge in [0.25, 0.3) is 0 Å². The average Bonchev–Trinajstić information content (AvgIpc) is 1.85. The topological polar surface area (TPSA) is 116 Å². The van der Waals surface area contributed by atoms with Crippen molar-refractivity contribution in [1.29, 1.82) is 0 Å². The number of hydrogen-bond donors (Lipinski definition) is 5. The first kappa shape index (κ1) is 11.0. The van der Waals surface area contributed by atoms with Crippen LogP contribution in [-0.2, 0) is 4.57 Å². The summed E-state index contributed by atoms with van der Waals surface area (Å²) in [6.45, 7) is 0.176. The smallest absolute Gasteiger partial charge is 0.339 e. The van der Waals surface area contributed by atoms with Crippen LogP contribution in [0.3, 0.4) is 0 Å². The normalized spacial score (nSPS) is 14.9. The number of nitrogens with one attached hydrogen (secondary N) is 1. The van der Waals surface area contributed by atoms with Gasteiger partial charge in [0.05, 0.1) is 12.4 Å². The average molecular weight is 184 g/mol. The van der Waals surface area contributed by atoms with Crippen molar-refractivity contribution in [2.75, 3.05) is 19.4 Å². The minimum absolute atomic E-state index is 0.0775. The Hall–Kier alpha value is 0.0300. The summed E-state index contributed by atoms with van der Waals surface area (Å²) in [6, 6.07) is 0. The predicted octanol–water partition coefficient (Wildman–Crippen LogP) is -1.97. The van der Waals surface area contributed by atoms with E-state index in [2.05, 4.69) is 5.32 Å².